The van der Waals surface area contributed by atoms with Crippen molar-refractivity contribution in [1.29, 1.82) is 0 Å². The average Bonchev–Trinajstić information content (AvgIpc) is 2.54. The third kappa shape index (κ3) is 4.68. The largest absolute Gasteiger partial charge is 0.444 e. The zero-order chi connectivity index (χ0) is 19.5. The third-order valence-corrected chi connectivity index (χ3v) is 4.64. The first-order chi connectivity index (χ1) is 12.0. The molecule has 2 amide bonds. The molecule has 1 unspecified atom stereocenters. The van der Waals surface area contributed by atoms with Crippen LogP contribution in [0.4, 0.5) is 16.2 Å². The highest BCUT2D eigenvalue weighted by Gasteiger charge is 2.45. The minimum absolute atomic E-state index is 0.180. The van der Waals surface area contributed by atoms with Gasteiger partial charge in [0, 0.05) is 32.0 Å². The van der Waals surface area contributed by atoms with Gasteiger partial charge in [0.2, 0.25) is 5.91 Å². The van der Waals surface area contributed by atoms with Gasteiger partial charge in [0.15, 0.2) is 0 Å². The Morgan fingerprint density at radius 2 is 1.77 bits per heavy atom. The molecule has 1 aromatic rings. The van der Waals surface area contributed by atoms with Gasteiger partial charge in [-0.25, -0.2) is 4.79 Å². The number of likely N-dealkylation sites (tertiary alicyclic amines) is 1. The number of nitrogens with one attached hydrogen (secondary N) is 1. The molecule has 6 heteroatoms. The van der Waals surface area contributed by atoms with E-state index in [9.17, 15) is 9.59 Å². The van der Waals surface area contributed by atoms with Crippen LogP contribution in [-0.2, 0) is 9.53 Å². The van der Waals surface area contributed by atoms with Crippen LogP contribution in [0.2, 0.25) is 0 Å². The Morgan fingerprint density at radius 3 is 2.31 bits per heavy atom. The van der Waals surface area contributed by atoms with Crippen molar-refractivity contribution < 1.29 is 14.3 Å². The quantitative estimate of drug-likeness (QED) is 0.888. The summed E-state index contributed by atoms with van der Waals surface area (Å²) >= 11 is 0. The summed E-state index contributed by atoms with van der Waals surface area (Å²) in [5.41, 5.74) is 0.271. The number of anilines is 2. The fourth-order valence-corrected chi connectivity index (χ4v) is 3.08. The number of benzene rings is 1. The molecule has 144 valence electrons. The van der Waals surface area contributed by atoms with E-state index >= 15 is 0 Å². The second-order valence-electron chi connectivity index (χ2n) is 8.26. The van der Waals surface area contributed by atoms with Gasteiger partial charge in [-0.15, -0.1) is 0 Å². The molecular formula is C20H31N3O3. The van der Waals surface area contributed by atoms with Crippen molar-refractivity contribution in [3.05, 3.63) is 24.3 Å². The molecule has 1 heterocycles. The van der Waals surface area contributed by atoms with Crippen LogP contribution in [0.15, 0.2) is 24.3 Å². The lowest BCUT2D eigenvalue weighted by atomic mass is 9.87. The van der Waals surface area contributed by atoms with Crippen LogP contribution in [-0.4, -0.2) is 48.7 Å². The van der Waals surface area contributed by atoms with Crippen molar-refractivity contribution in [3.8, 4) is 0 Å². The molecule has 1 fully saturated rings. The van der Waals surface area contributed by atoms with Crippen molar-refractivity contribution in [3.63, 3.8) is 0 Å². The van der Waals surface area contributed by atoms with E-state index in [0.29, 0.717) is 13.0 Å². The predicted octanol–water partition coefficient (Wildman–Crippen LogP) is 3.87. The number of rotatable bonds is 3. The summed E-state index contributed by atoms with van der Waals surface area (Å²) in [7, 11) is 3.94. The number of amides is 2. The monoisotopic (exact) mass is 361 g/mol. The van der Waals surface area contributed by atoms with Gasteiger partial charge in [-0.2, -0.15) is 0 Å². The molecule has 0 spiro atoms. The van der Waals surface area contributed by atoms with Crippen molar-refractivity contribution in [2.45, 2.75) is 58.1 Å². The van der Waals surface area contributed by atoms with E-state index in [1.165, 1.54) is 0 Å². The topological polar surface area (TPSA) is 61.9 Å². The summed E-state index contributed by atoms with van der Waals surface area (Å²) in [6, 6.07) is 7.64. The second kappa shape index (κ2) is 7.56. The number of ether oxygens (including phenoxy) is 1. The number of carbonyl (C=O) groups is 2. The van der Waals surface area contributed by atoms with E-state index in [4.69, 9.17) is 4.74 Å². The van der Waals surface area contributed by atoms with E-state index in [0.717, 1.165) is 24.2 Å². The summed E-state index contributed by atoms with van der Waals surface area (Å²) in [6.07, 6.45) is 1.97. The summed E-state index contributed by atoms with van der Waals surface area (Å²) in [6.45, 7) is 7.84. The van der Waals surface area contributed by atoms with E-state index in [2.05, 4.69) is 5.32 Å². The number of hydrogen-bond acceptors (Lipinski definition) is 4. The molecule has 2 rings (SSSR count). The van der Waals surface area contributed by atoms with Crippen molar-refractivity contribution in [2.24, 2.45) is 0 Å². The third-order valence-electron chi connectivity index (χ3n) is 4.64. The smallest absolute Gasteiger partial charge is 0.411 e. The van der Waals surface area contributed by atoms with Crippen LogP contribution in [0.5, 0.6) is 0 Å². The first-order valence-electron chi connectivity index (χ1n) is 9.12. The molecule has 26 heavy (non-hydrogen) atoms. The maximum atomic E-state index is 13.0. The first kappa shape index (κ1) is 20.1. The lowest BCUT2D eigenvalue weighted by molar-refractivity contribution is -0.129. The summed E-state index contributed by atoms with van der Waals surface area (Å²) in [5, 5.41) is 2.96. The summed E-state index contributed by atoms with van der Waals surface area (Å²) in [4.78, 5) is 29.2. The Balaban J connectivity index is 2.16. The van der Waals surface area contributed by atoms with Crippen LogP contribution in [0.3, 0.4) is 0 Å². The Bertz CT molecular complexity index is 649. The molecule has 0 saturated carbocycles. The highest BCUT2D eigenvalue weighted by Crippen LogP contribution is 2.31. The maximum absolute atomic E-state index is 13.0. The Hall–Kier alpha value is -2.24. The number of piperidine rings is 1. The van der Waals surface area contributed by atoms with Crippen LogP contribution in [0, 0.1) is 0 Å². The fraction of sp³-hybridized carbons (Fsp3) is 0.600. The van der Waals surface area contributed by atoms with Crippen molar-refractivity contribution in [1.82, 2.24) is 4.90 Å². The Morgan fingerprint density at radius 1 is 1.15 bits per heavy atom. The van der Waals surface area contributed by atoms with E-state index < -0.39 is 17.2 Å². The maximum Gasteiger partial charge on any atom is 0.411 e. The van der Waals surface area contributed by atoms with Crippen molar-refractivity contribution >= 4 is 23.4 Å². The van der Waals surface area contributed by atoms with Gasteiger partial charge >= 0.3 is 6.09 Å². The molecule has 1 aliphatic heterocycles. The molecule has 1 saturated heterocycles. The lowest BCUT2D eigenvalue weighted by Gasteiger charge is -2.43. The van der Waals surface area contributed by atoms with Gasteiger partial charge in [0.05, 0.1) is 0 Å². The molecule has 1 aromatic carbocycles. The van der Waals surface area contributed by atoms with Crippen LogP contribution in [0.1, 0.15) is 47.0 Å². The van der Waals surface area contributed by atoms with Crippen molar-refractivity contribution in [2.75, 3.05) is 30.9 Å². The average molecular weight is 361 g/mol. The van der Waals surface area contributed by atoms with Crippen LogP contribution < -0.4 is 10.2 Å². The molecule has 1 aliphatic rings. The highest BCUT2D eigenvalue weighted by atomic mass is 16.6. The van der Waals surface area contributed by atoms with Gasteiger partial charge in [-0.3, -0.25) is 9.69 Å². The molecule has 0 bridgehead atoms. The minimum Gasteiger partial charge on any atom is -0.444 e. The normalized spacial score (nSPS) is 20.5. The molecule has 0 aliphatic carbocycles. The van der Waals surface area contributed by atoms with E-state index in [1.807, 2.05) is 71.0 Å². The van der Waals surface area contributed by atoms with Crippen LogP contribution in [0.25, 0.3) is 0 Å². The number of carbonyl (C=O) groups excluding carboxylic acids is 2. The van der Waals surface area contributed by atoms with Gasteiger partial charge in [-0.05, 0) is 71.2 Å². The van der Waals surface area contributed by atoms with Gasteiger partial charge < -0.3 is 15.0 Å². The number of hydrogen-bond donors (Lipinski definition) is 1. The summed E-state index contributed by atoms with van der Waals surface area (Å²) < 4.78 is 5.52. The Labute approximate surface area is 156 Å². The summed E-state index contributed by atoms with van der Waals surface area (Å²) in [5.74, 6) is -0.180. The fourth-order valence-electron chi connectivity index (χ4n) is 3.08. The minimum atomic E-state index is -0.916. The molecule has 1 atom stereocenters. The highest BCUT2D eigenvalue weighted by molar-refractivity contribution is 5.99. The predicted molar refractivity (Wildman–Crippen MR) is 105 cm³/mol. The molecule has 0 radical (unpaired) electrons. The van der Waals surface area contributed by atoms with Gasteiger partial charge in [0.1, 0.15) is 11.1 Å². The van der Waals surface area contributed by atoms with E-state index in [-0.39, 0.29) is 5.91 Å². The standard InChI is InChI=1S/C20H31N3O3/c1-19(2,3)26-18(25)23-14-8-7-13-20(23,4)17(24)21-15-9-11-16(12-10-15)22(5)6/h9-12H,7-8,13-14H2,1-6H3,(H,21,24). The SMILES string of the molecule is CN(C)c1ccc(NC(=O)C2(C)CCCCN2C(=O)OC(C)(C)C)cc1. The van der Waals surface area contributed by atoms with E-state index in [1.54, 1.807) is 4.90 Å². The second-order valence-corrected chi connectivity index (χ2v) is 8.26. The Kier molecular flexibility index (Phi) is 5.84. The molecule has 0 aromatic heterocycles. The molecule has 6 nitrogen and oxygen atoms in total. The van der Waals surface area contributed by atoms with Gasteiger partial charge in [0.25, 0.3) is 0 Å². The lowest BCUT2D eigenvalue weighted by Crippen LogP contribution is -2.60. The van der Waals surface area contributed by atoms with Gasteiger partial charge in [-0.1, -0.05) is 0 Å². The van der Waals surface area contributed by atoms with Crippen LogP contribution >= 0.6 is 0 Å². The molecule has 1 N–H and O–H groups in total. The number of nitrogens with zero attached hydrogens (tertiary/aromatic N) is 2. The first-order valence-corrected chi connectivity index (χ1v) is 9.12. The zero-order valence-electron chi connectivity index (χ0n) is 16.8. The zero-order valence-corrected chi connectivity index (χ0v) is 16.8. The molecular weight excluding hydrogens is 330 g/mol.